The van der Waals surface area contributed by atoms with Crippen molar-refractivity contribution in [1.82, 2.24) is 5.32 Å². The highest BCUT2D eigenvalue weighted by atomic mass is 16.1. The SMILES string of the molecule is CC(C)CNC(=O)c1ccc2c(c1)CCCCN2. The molecule has 98 valence electrons. The number of anilines is 1. The minimum Gasteiger partial charge on any atom is -0.385 e. The molecule has 0 radical (unpaired) electrons. The van der Waals surface area contributed by atoms with Crippen molar-refractivity contribution in [2.24, 2.45) is 5.92 Å². The van der Waals surface area contributed by atoms with Gasteiger partial charge in [0.05, 0.1) is 0 Å². The monoisotopic (exact) mass is 246 g/mol. The van der Waals surface area contributed by atoms with E-state index < -0.39 is 0 Å². The maximum atomic E-state index is 12.0. The van der Waals surface area contributed by atoms with Crippen molar-refractivity contribution < 1.29 is 4.79 Å². The summed E-state index contributed by atoms with van der Waals surface area (Å²) < 4.78 is 0. The van der Waals surface area contributed by atoms with Gasteiger partial charge in [-0.1, -0.05) is 13.8 Å². The van der Waals surface area contributed by atoms with Gasteiger partial charge in [0, 0.05) is 24.3 Å². The van der Waals surface area contributed by atoms with Crippen LogP contribution >= 0.6 is 0 Å². The zero-order valence-electron chi connectivity index (χ0n) is 11.3. The highest BCUT2D eigenvalue weighted by Crippen LogP contribution is 2.22. The Morgan fingerprint density at radius 3 is 3.00 bits per heavy atom. The average Bonchev–Trinajstić information content (AvgIpc) is 2.60. The van der Waals surface area contributed by atoms with Gasteiger partial charge in [-0.25, -0.2) is 0 Å². The van der Waals surface area contributed by atoms with Crippen LogP contribution in [-0.2, 0) is 6.42 Å². The van der Waals surface area contributed by atoms with Crippen LogP contribution in [0.1, 0.15) is 42.6 Å². The fourth-order valence-electron chi connectivity index (χ4n) is 2.18. The Hall–Kier alpha value is -1.51. The van der Waals surface area contributed by atoms with E-state index in [9.17, 15) is 4.79 Å². The van der Waals surface area contributed by atoms with Gasteiger partial charge in [-0.15, -0.1) is 0 Å². The summed E-state index contributed by atoms with van der Waals surface area (Å²) in [4.78, 5) is 12.0. The second-order valence-electron chi connectivity index (χ2n) is 5.36. The van der Waals surface area contributed by atoms with Crippen molar-refractivity contribution in [3.63, 3.8) is 0 Å². The van der Waals surface area contributed by atoms with Crippen LogP contribution in [0.2, 0.25) is 0 Å². The average molecular weight is 246 g/mol. The molecule has 18 heavy (non-hydrogen) atoms. The van der Waals surface area contributed by atoms with Crippen molar-refractivity contribution in [2.75, 3.05) is 18.4 Å². The van der Waals surface area contributed by atoms with E-state index in [2.05, 4.69) is 24.5 Å². The fraction of sp³-hybridized carbons (Fsp3) is 0.533. The molecule has 1 aliphatic heterocycles. The molecule has 2 rings (SSSR count). The lowest BCUT2D eigenvalue weighted by atomic mass is 10.0. The molecule has 1 amide bonds. The number of carbonyl (C=O) groups is 1. The Bertz CT molecular complexity index is 427. The van der Waals surface area contributed by atoms with Gasteiger partial charge in [-0.2, -0.15) is 0 Å². The van der Waals surface area contributed by atoms with E-state index in [0.29, 0.717) is 5.92 Å². The number of rotatable bonds is 3. The van der Waals surface area contributed by atoms with Gasteiger partial charge in [0.15, 0.2) is 0 Å². The van der Waals surface area contributed by atoms with Crippen LogP contribution in [0.15, 0.2) is 18.2 Å². The number of hydrogen-bond donors (Lipinski definition) is 2. The summed E-state index contributed by atoms with van der Waals surface area (Å²) in [5.41, 5.74) is 3.23. The summed E-state index contributed by atoms with van der Waals surface area (Å²) in [6.45, 7) is 5.96. The molecule has 3 heteroatoms. The van der Waals surface area contributed by atoms with Crippen LogP contribution in [0.4, 0.5) is 5.69 Å². The molecule has 1 aromatic carbocycles. The van der Waals surface area contributed by atoms with E-state index >= 15 is 0 Å². The molecular formula is C15H22N2O. The summed E-state index contributed by atoms with van der Waals surface area (Å²) in [6, 6.07) is 5.97. The molecule has 0 bridgehead atoms. The first-order chi connectivity index (χ1) is 8.66. The molecule has 0 unspecified atom stereocenters. The first-order valence-electron chi connectivity index (χ1n) is 6.82. The fourth-order valence-corrected chi connectivity index (χ4v) is 2.18. The zero-order chi connectivity index (χ0) is 13.0. The van der Waals surface area contributed by atoms with Gasteiger partial charge >= 0.3 is 0 Å². The lowest BCUT2D eigenvalue weighted by molar-refractivity contribution is 0.0949. The number of carbonyl (C=O) groups excluding carboxylic acids is 1. The number of aryl methyl sites for hydroxylation is 1. The Morgan fingerprint density at radius 2 is 2.22 bits per heavy atom. The summed E-state index contributed by atoms with van der Waals surface area (Å²) in [7, 11) is 0. The predicted molar refractivity (Wildman–Crippen MR) is 75.0 cm³/mol. The van der Waals surface area contributed by atoms with E-state index in [0.717, 1.165) is 25.1 Å². The Morgan fingerprint density at radius 1 is 1.39 bits per heavy atom. The van der Waals surface area contributed by atoms with E-state index in [-0.39, 0.29) is 5.91 Å². The molecule has 1 heterocycles. The highest BCUT2D eigenvalue weighted by Gasteiger charge is 2.11. The van der Waals surface area contributed by atoms with Gasteiger partial charge in [0.25, 0.3) is 5.91 Å². The molecule has 3 nitrogen and oxygen atoms in total. The van der Waals surface area contributed by atoms with Crippen LogP contribution in [0.25, 0.3) is 0 Å². The van der Waals surface area contributed by atoms with Crippen molar-refractivity contribution in [2.45, 2.75) is 33.1 Å². The molecule has 0 aromatic heterocycles. The molecule has 0 spiro atoms. The van der Waals surface area contributed by atoms with Crippen molar-refractivity contribution in [3.8, 4) is 0 Å². The van der Waals surface area contributed by atoms with E-state index in [1.807, 2.05) is 18.2 Å². The largest absolute Gasteiger partial charge is 0.385 e. The molecule has 0 fully saturated rings. The highest BCUT2D eigenvalue weighted by molar-refractivity contribution is 5.94. The maximum Gasteiger partial charge on any atom is 0.251 e. The molecule has 0 saturated heterocycles. The summed E-state index contributed by atoms with van der Waals surface area (Å²) >= 11 is 0. The van der Waals surface area contributed by atoms with E-state index in [1.54, 1.807) is 0 Å². The molecule has 1 aliphatic rings. The normalized spacial score (nSPS) is 14.6. The van der Waals surface area contributed by atoms with Gasteiger partial charge in [-0.3, -0.25) is 4.79 Å². The van der Waals surface area contributed by atoms with Crippen LogP contribution in [0, 0.1) is 5.92 Å². The minimum absolute atomic E-state index is 0.0377. The third-order valence-corrected chi connectivity index (χ3v) is 3.23. The number of hydrogen-bond acceptors (Lipinski definition) is 2. The number of benzene rings is 1. The van der Waals surface area contributed by atoms with Gasteiger partial charge < -0.3 is 10.6 Å². The Kier molecular flexibility index (Phi) is 4.24. The Balaban J connectivity index is 2.10. The molecule has 0 saturated carbocycles. The second-order valence-corrected chi connectivity index (χ2v) is 5.36. The summed E-state index contributed by atoms with van der Waals surface area (Å²) in [5, 5.41) is 6.37. The Labute approximate surface area is 109 Å². The van der Waals surface area contributed by atoms with Crippen LogP contribution in [0.5, 0.6) is 0 Å². The van der Waals surface area contributed by atoms with Crippen molar-refractivity contribution in [3.05, 3.63) is 29.3 Å². The third kappa shape index (κ3) is 3.25. The topological polar surface area (TPSA) is 41.1 Å². The molecule has 2 N–H and O–H groups in total. The summed E-state index contributed by atoms with van der Waals surface area (Å²) in [5.74, 6) is 0.521. The van der Waals surface area contributed by atoms with Gasteiger partial charge in [-0.05, 0) is 48.9 Å². The lowest BCUT2D eigenvalue weighted by Gasteiger charge is -2.11. The van der Waals surface area contributed by atoms with E-state index in [4.69, 9.17) is 0 Å². The van der Waals surface area contributed by atoms with Gasteiger partial charge in [0.1, 0.15) is 0 Å². The first-order valence-corrected chi connectivity index (χ1v) is 6.82. The quantitative estimate of drug-likeness (QED) is 0.861. The predicted octanol–water partition coefficient (Wildman–Crippen LogP) is 2.82. The zero-order valence-corrected chi connectivity index (χ0v) is 11.3. The second kappa shape index (κ2) is 5.89. The first kappa shape index (κ1) is 12.9. The van der Waals surface area contributed by atoms with Crippen molar-refractivity contribution >= 4 is 11.6 Å². The standard InChI is InChI=1S/C15H22N2O/c1-11(2)10-17-15(18)13-6-7-14-12(9-13)5-3-4-8-16-14/h6-7,9,11,16H,3-5,8,10H2,1-2H3,(H,17,18). The molecule has 0 atom stereocenters. The maximum absolute atomic E-state index is 12.0. The number of fused-ring (bicyclic) bond motifs is 1. The lowest BCUT2D eigenvalue weighted by Crippen LogP contribution is -2.27. The third-order valence-electron chi connectivity index (χ3n) is 3.23. The molecule has 0 aliphatic carbocycles. The van der Waals surface area contributed by atoms with Crippen LogP contribution in [0.3, 0.4) is 0 Å². The smallest absolute Gasteiger partial charge is 0.251 e. The van der Waals surface area contributed by atoms with Gasteiger partial charge in [0.2, 0.25) is 0 Å². The molecular weight excluding hydrogens is 224 g/mol. The van der Waals surface area contributed by atoms with E-state index in [1.165, 1.54) is 24.1 Å². The number of amides is 1. The molecule has 1 aromatic rings. The van der Waals surface area contributed by atoms with Crippen molar-refractivity contribution in [1.29, 1.82) is 0 Å². The van der Waals surface area contributed by atoms with Crippen LogP contribution < -0.4 is 10.6 Å². The van der Waals surface area contributed by atoms with Crippen LogP contribution in [-0.4, -0.2) is 19.0 Å². The number of nitrogens with one attached hydrogen (secondary N) is 2. The summed E-state index contributed by atoms with van der Waals surface area (Å²) in [6.07, 6.45) is 3.45. The minimum atomic E-state index is 0.0377.